The molecule has 2 fully saturated rings. The van der Waals surface area contributed by atoms with Crippen LogP contribution < -0.4 is 17.0 Å². The van der Waals surface area contributed by atoms with Gasteiger partial charge >= 0.3 is 5.97 Å². The van der Waals surface area contributed by atoms with Gasteiger partial charge < -0.3 is 31.3 Å². The quantitative estimate of drug-likeness (QED) is 0.520. The summed E-state index contributed by atoms with van der Waals surface area (Å²) in [6.45, 7) is 4.39. The van der Waals surface area contributed by atoms with Crippen LogP contribution in [0.15, 0.2) is 30.3 Å². The first kappa shape index (κ1) is 23.4. The van der Waals surface area contributed by atoms with E-state index in [1.54, 1.807) is 0 Å². The lowest BCUT2D eigenvalue weighted by atomic mass is 9.94. The van der Waals surface area contributed by atoms with E-state index in [2.05, 4.69) is 20.9 Å². The van der Waals surface area contributed by atoms with Crippen LogP contribution in [-0.4, -0.2) is 53.4 Å². The van der Waals surface area contributed by atoms with Crippen molar-refractivity contribution in [3.8, 4) is 0 Å². The number of carbonyl (C=O) groups is 1. The molecule has 26 heavy (non-hydrogen) atoms. The summed E-state index contributed by atoms with van der Waals surface area (Å²) in [7, 11) is 2.37. The third kappa shape index (κ3) is 4.27. The molecular formula is C20H31BrClNO3. The largest absolute Gasteiger partial charge is 1.00 e. The van der Waals surface area contributed by atoms with Crippen molar-refractivity contribution >= 4 is 18.4 Å². The van der Waals surface area contributed by atoms with Crippen molar-refractivity contribution < 1.29 is 36.1 Å². The maximum Gasteiger partial charge on any atom is 0.316 e. The lowest BCUT2D eigenvalue weighted by Crippen LogP contribution is -3.00. The average molecular weight is 449 g/mol. The van der Waals surface area contributed by atoms with Crippen LogP contribution in [0.5, 0.6) is 0 Å². The second kappa shape index (κ2) is 9.54. The molecule has 2 aliphatic heterocycles. The maximum atomic E-state index is 12.6. The summed E-state index contributed by atoms with van der Waals surface area (Å²) in [5.41, 5.74) is 0.826. The van der Waals surface area contributed by atoms with Gasteiger partial charge in [-0.1, -0.05) is 30.3 Å². The van der Waals surface area contributed by atoms with Crippen LogP contribution in [-0.2, 0) is 9.53 Å². The highest BCUT2D eigenvalue weighted by Crippen LogP contribution is 2.44. The summed E-state index contributed by atoms with van der Waals surface area (Å²) in [5, 5.41) is 9.65. The zero-order chi connectivity index (χ0) is 17.3. The Morgan fingerprint density at radius 1 is 1.19 bits per heavy atom. The van der Waals surface area contributed by atoms with E-state index < -0.39 is 5.92 Å². The fraction of sp³-hybridized carbons (Fsp3) is 0.650. The van der Waals surface area contributed by atoms with Crippen molar-refractivity contribution in [2.75, 3.05) is 13.7 Å². The second-order valence-electron chi connectivity index (χ2n) is 7.88. The van der Waals surface area contributed by atoms with Crippen molar-refractivity contribution in [1.29, 1.82) is 0 Å². The van der Waals surface area contributed by atoms with E-state index >= 15 is 0 Å². The molecule has 4 nitrogen and oxygen atoms in total. The Morgan fingerprint density at radius 2 is 1.73 bits per heavy atom. The number of ether oxygens (including phenoxy) is 1. The van der Waals surface area contributed by atoms with Crippen LogP contribution in [0.1, 0.15) is 51.0 Å². The summed E-state index contributed by atoms with van der Waals surface area (Å²) in [6.07, 6.45) is 4.36. The molecule has 5 atom stereocenters. The molecule has 0 amide bonds. The Bertz CT molecular complexity index is 570. The van der Waals surface area contributed by atoms with E-state index in [-0.39, 0.29) is 48.1 Å². The van der Waals surface area contributed by atoms with E-state index in [1.807, 2.05) is 30.3 Å². The minimum Gasteiger partial charge on any atom is -1.00 e. The molecule has 2 saturated heterocycles. The molecule has 0 aliphatic carbocycles. The molecule has 0 radical (unpaired) electrons. The monoisotopic (exact) mass is 447 g/mol. The Hall–Kier alpha value is -0.620. The summed E-state index contributed by atoms with van der Waals surface area (Å²) < 4.78 is 6.96. The molecule has 0 saturated carbocycles. The molecule has 2 aliphatic rings. The Morgan fingerprint density at radius 3 is 2.19 bits per heavy atom. The molecular weight excluding hydrogens is 418 g/mol. The number of esters is 1. The first-order valence-corrected chi connectivity index (χ1v) is 9.18. The third-order valence-electron chi connectivity index (χ3n) is 6.54. The fourth-order valence-corrected chi connectivity index (χ4v) is 4.82. The van der Waals surface area contributed by atoms with Crippen LogP contribution in [0.2, 0.25) is 0 Å². The fourth-order valence-electron chi connectivity index (χ4n) is 4.82. The van der Waals surface area contributed by atoms with Crippen LogP contribution >= 0.6 is 12.4 Å². The number of carbonyl (C=O) groups excluding carboxylic acids is 1. The number of benzene rings is 1. The maximum absolute atomic E-state index is 12.6. The zero-order valence-electron chi connectivity index (χ0n) is 15.8. The predicted molar refractivity (Wildman–Crippen MR) is 101 cm³/mol. The number of hydrogen-bond acceptors (Lipinski definition) is 3. The Labute approximate surface area is 173 Å². The highest BCUT2D eigenvalue weighted by atomic mass is 79.9. The summed E-state index contributed by atoms with van der Waals surface area (Å²) >= 11 is 0. The normalized spacial score (nSPS) is 30.9. The highest BCUT2D eigenvalue weighted by molar-refractivity contribution is 5.85. The number of aliphatic hydroxyl groups is 1. The van der Waals surface area contributed by atoms with Gasteiger partial charge in [-0.3, -0.25) is 4.79 Å². The van der Waals surface area contributed by atoms with Crippen LogP contribution in [0.25, 0.3) is 0 Å². The molecule has 0 aromatic heterocycles. The molecule has 1 aromatic rings. The number of hydrogen-bond donors (Lipinski definition) is 1. The van der Waals surface area contributed by atoms with Gasteiger partial charge in [-0.05, 0) is 19.4 Å². The van der Waals surface area contributed by atoms with Gasteiger partial charge in [0.05, 0.1) is 31.8 Å². The standard InChI is InChI=1S/C20H30NO3.BrH.ClH/c1-14(2)21(3)16-9-10-17(21)12-18(11-16)24-20(23)19(13-22)15-7-5-4-6-8-15;;/h4-8,14,16-19,22H,9-13H2,1-3H3;2*1H/q+1;;/p-1/t16-,17+,18?,19?,21?;;. The molecule has 6 heteroatoms. The second-order valence-corrected chi connectivity index (χ2v) is 7.88. The van der Waals surface area contributed by atoms with E-state index in [4.69, 9.17) is 4.74 Å². The van der Waals surface area contributed by atoms with Gasteiger partial charge in [-0.2, -0.15) is 0 Å². The number of quaternary nitrogens is 1. The molecule has 2 bridgehead atoms. The number of aliphatic hydroxyl groups excluding tert-OH is 1. The van der Waals surface area contributed by atoms with Crippen LogP contribution in [0, 0.1) is 0 Å². The average Bonchev–Trinajstić information content (AvgIpc) is 2.74. The topological polar surface area (TPSA) is 46.5 Å². The molecule has 3 rings (SSSR count). The Balaban J connectivity index is 0.00000169. The molecule has 3 unspecified atom stereocenters. The summed E-state index contributed by atoms with van der Waals surface area (Å²) in [5.74, 6) is -0.856. The minimum atomic E-state index is -0.572. The molecule has 148 valence electrons. The van der Waals surface area contributed by atoms with E-state index in [1.165, 1.54) is 12.8 Å². The van der Waals surface area contributed by atoms with Gasteiger partial charge in [0.15, 0.2) is 0 Å². The number of halogens is 2. The number of rotatable bonds is 5. The SMILES string of the molecule is CC(C)[N+]1(C)[C@@H]2CC[C@H]1CC(OC(=O)C(CO)c1ccccc1)C2.Cl.[Br-]. The van der Waals surface area contributed by atoms with E-state index in [0.29, 0.717) is 18.1 Å². The lowest BCUT2D eigenvalue weighted by molar-refractivity contribution is -0.968. The van der Waals surface area contributed by atoms with Crippen molar-refractivity contribution in [2.45, 2.75) is 69.7 Å². The van der Waals surface area contributed by atoms with Crippen molar-refractivity contribution in [3.63, 3.8) is 0 Å². The van der Waals surface area contributed by atoms with E-state index in [9.17, 15) is 9.90 Å². The lowest BCUT2D eigenvalue weighted by Gasteiger charge is -2.49. The highest BCUT2D eigenvalue weighted by Gasteiger charge is 2.53. The van der Waals surface area contributed by atoms with Gasteiger partial charge in [0.2, 0.25) is 0 Å². The van der Waals surface area contributed by atoms with E-state index in [0.717, 1.165) is 22.9 Å². The van der Waals surface area contributed by atoms with Gasteiger partial charge in [0, 0.05) is 25.7 Å². The molecule has 2 heterocycles. The molecule has 1 aromatic carbocycles. The van der Waals surface area contributed by atoms with Crippen LogP contribution in [0.3, 0.4) is 0 Å². The molecule has 0 spiro atoms. The van der Waals surface area contributed by atoms with Gasteiger partial charge in [0.1, 0.15) is 12.0 Å². The number of nitrogens with zero attached hydrogens (tertiary/aromatic N) is 1. The third-order valence-corrected chi connectivity index (χ3v) is 6.54. The van der Waals surface area contributed by atoms with Crippen molar-refractivity contribution in [1.82, 2.24) is 0 Å². The van der Waals surface area contributed by atoms with Crippen molar-refractivity contribution in [3.05, 3.63) is 35.9 Å². The summed E-state index contributed by atoms with van der Waals surface area (Å²) in [6, 6.07) is 11.2. The molecule has 1 N–H and O–H groups in total. The number of fused-ring (bicyclic) bond motifs is 2. The Kier molecular flexibility index (Phi) is 8.59. The zero-order valence-corrected chi connectivity index (χ0v) is 18.2. The predicted octanol–water partition coefficient (Wildman–Crippen LogP) is 0.280. The van der Waals surface area contributed by atoms with Gasteiger partial charge in [0.25, 0.3) is 0 Å². The number of piperidine rings is 1. The first-order valence-electron chi connectivity index (χ1n) is 9.18. The van der Waals surface area contributed by atoms with Crippen LogP contribution in [0.4, 0.5) is 0 Å². The van der Waals surface area contributed by atoms with Gasteiger partial charge in [-0.25, -0.2) is 0 Å². The minimum absolute atomic E-state index is 0. The van der Waals surface area contributed by atoms with Crippen molar-refractivity contribution in [2.24, 2.45) is 0 Å². The first-order chi connectivity index (χ1) is 11.5. The summed E-state index contributed by atoms with van der Waals surface area (Å²) in [4.78, 5) is 12.6. The smallest absolute Gasteiger partial charge is 0.316 e. The van der Waals surface area contributed by atoms with Gasteiger partial charge in [-0.15, -0.1) is 12.4 Å².